The van der Waals surface area contributed by atoms with Gasteiger partial charge in [0.15, 0.2) is 9.84 Å². The Morgan fingerprint density at radius 3 is 2.76 bits per heavy atom. The van der Waals surface area contributed by atoms with E-state index in [1.54, 1.807) is 17.8 Å². The highest BCUT2D eigenvalue weighted by Crippen LogP contribution is 2.30. The summed E-state index contributed by atoms with van der Waals surface area (Å²) in [5.74, 6) is 1.54. The second-order valence-electron chi connectivity index (χ2n) is 4.11. The first-order chi connectivity index (χ1) is 8.00. The molecule has 0 saturated carbocycles. The van der Waals surface area contributed by atoms with Crippen molar-refractivity contribution < 1.29 is 8.42 Å². The van der Waals surface area contributed by atoms with Crippen LogP contribution in [0.25, 0.3) is 0 Å². The third kappa shape index (κ3) is 2.69. The molecule has 1 fully saturated rings. The van der Waals surface area contributed by atoms with Gasteiger partial charge in [0, 0.05) is 24.3 Å². The van der Waals surface area contributed by atoms with E-state index in [1.165, 1.54) is 6.26 Å². The van der Waals surface area contributed by atoms with Crippen molar-refractivity contribution in [3.8, 4) is 0 Å². The smallest absolute Gasteiger partial charge is 0.169 e. The minimum Gasteiger partial charge on any atom is -0.397 e. The fourth-order valence-corrected chi connectivity index (χ4v) is 4.79. The third-order valence-electron chi connectivity index (χ3n) is 2.82. The average molecular weight is 272 g/mol. The SMILES string of the molecule is CS(=O)(=O)C1CSCCN1c1ccccc1N. The summed E-state index contributed by atoms with van der Waals surface area (Å²) in [6.45, 7) is 0.719. The first-order valence-electron chi connectivity index (χ1n) is 5.38. The zero-order valence-corrected chi connectivity index (χ0v) is 11.3. The number of nitrogens with zero attached hydrogens (tertiary/aromatic N) is 1. The van der Waals surface area contributed by atoms with Gasteiger partial charge in [0.25, 0.3) is 0 Å². The minimum absolute atomic E-state index is 0.467. The predicted molar refractivity (Wildman–Crippen MR) is 74.2 cm³/mol. The van der Waals surface area contributed by atoms with Crippen LogP contribution in [0.15, 0.2) is 24.3 Å². The first-order valence-corrected chi connectivity index (χ1v) is 8.49. The van der Waals surface area contributed by atoms with E-state index in [0.29, 0.717) is 11.4 Å². The Hall–Kier alpha value is -0.880. The Bertz CT molecular complexity index is 502. The van der Waals surface area contributed by atoms with Gasteiger partial charge in [0.05, 0.1) is 11.4 Å². The van der Waals surface area contributed by atoms with Gasteiger partial charge in [0.2, 0.25) is 0 Å². The number of rotatable bonds is 2. The molecule has 94 valence electrons. The maximum absolute atomic E-state index is 11.8. The Morgan fingerprint density at radius 2 is 2.12 bits per heavy atom. The van der Waals surface area contributed by atoms with Gasteiger partial charge in [-0.25, -0.2) is 8.42 Å². The molecule has 0 aromatic heterocycles. The maximum atomic E-state index is 11.8. The number of anilines is 2. The molecule has 1 atom stereocenters. The van der Waals surface area contributed by atoms with Crippen LogP contribution in [-0.2, 0) is 9.84 Å². The molecule has 1 saturated heterocycles. The highest BCUT2D eigenvalue weighted by molar-refractivity contribution is 8.01. The first kappa shape index (κ1) is 12.6. The monoisotopic (exact) mass is 272 g/mol. The lowest BCUT2D eigenvalue weighted by molar-refractivity contribution is 0.584. The molecular formula is C11H16N2O2S2. The fourth-order valence-electron chi connectivity index (χ4n) is 1.96. The quantitative estimate of drug-likeness (QED) is 0.819. The zero-order chi connectivity index (χ0) is 12.5. The molecule has 1 aromatic rings. The Kier molecular flexibility index (Phi) is 3.53. The molecular weight excluding hydrogens is 256 g/mol. The lowest BCUT2D eigenvalue weighted by Gasteiger charge is -2.36. The number of thioether (sulfide) groups is 1. The summed E-state index contributed by atoms with van der Waals surface area (Å²) in [5.41, 5.74) is 7.37. The zero-order valence-electron chi connectivity index (χ0n) is 9.67. The molecule has 1 aromatic carbocycles. The van der Waals surface area contributed by atoms with Crippen molar-refractivity contribution in [1.29, 1.82) is 0 Å². The van der Waals surface area contributed by atoms with Gasteiger partial charge in [-0.15, -0.1) is 0 Å². The number of hydrogen-bond acceptors (Lipinski definition) is 5. The van der Waals surface area contributed by atoms with Gasteiger partial charge in [-0.05, 0) is 12.1 Å². The van der Waals surface area contributed by atoms with Crippen LogP contribution in [0, 0.1) is 0 Å². The number of hydrogen-bond donors (Lipinski definition) is 1. The van der Waals surface area contributed by atoms with E-state index in [-0.39, 0.29) is 0 Å². The molecule has 1 aliphatic rings. The maximum Gasteiger partial charge on any atom is 0.169 e. The van der Waals surface area contributed by atoms with Gasteiger partial charge >= 0.3 is 0 Å². The molecule has 0 amide bonds. The summed E-state index contributed by atoms with van der Waals surface area (Å²) in [7, 11) is -3.09. The fraction of sp³-hybridized carbons (Fsp3) is 0.455. The lowest BCUT2D eigenvalue weighted by Crippen LogP contribution is -2.47. The second-order valence-corrected chi connectivity index (χ2v) is 7.46. The molecule has 1 heterocycles. The summed E-state index contributed by atoms with van der Waals surface area (Å²) in [5, 5.41) is -0.467. The van der Waals surface area contributed by atoms with Crippen LogP contribution >= 0.6 is 11.8 Å². The van der Waals surface area contributed by atoms with Crippen LogP contribution in [0.3, 0.4) is 0 Å². The summed E-state index contributed by atoms with van der Waals surface area (Å²) in [6, 6.07) is 7.42. The van der Waals surface area contributed by atoms with Crippen molar-refractivity contribution in [3.63, 3.8) is 0 Å². The van der Waals surface area contributed by atoms with E-state index >= 15 is 0 Å². The van der Waals surface area contributed by atoms with E-state index in [9.17, 15) is 8.42 Å². The summed E-state index contributed by atoms with van der Waals surface area (Å²) in [4.78, 5) is 1.90. The molecule has 6 heteroatoms. The molecule has 0 spiro atoms. The minimum atomic E-state index is -3.09. The van der Waals surface area contributed by atoms with Gasteiger partial charge in [-0.2, -0.15) is 11.8 Å². The number of para-hydroxylation sites is 2. The van der Waals surface area contributed by atoms with Crippen LogP contribution < -0.4 is 10.6 Å². The van der Waals surface area contributed by atoms with Gasteiger partial charge < -0.3 is 10.6 Å². The van der Waals surface area contributed by atoms with E-state index in [2.05, 4.69) is 0 Å². The Balaban J connectivity index is 2.38. The van der Waals surface area contributed by atoms with Crippen molar-refractivity contribution >= 4 is 33.0 Å². The van der Waals surface area contributed by atoms with Crippen LogP contribution in [0.5, 0.6) is 0 Å². The molecule has 2 N–H and O–H groups in total. The van der Waals surface area contributed by atoms with Gasteiger partial charge in [0.1, 0.15) is 5.37 Å². The van der Waals surface area contributed by atoms with Gasteiger partial charge in [-0.1, -0.05) is 12.1 Å². The normalized spacial score (nSPS) is 21.5. The largest absolute Gasteiger partial charge is 0.397 e. The number of benzene rings is 1. The van der Waals surface area contributed by atoms with Crippen molar-refractivity contribution in [3.05, 3.63) is 24.3 Å². The highest BCUT2D eigenvalue weighted by Gasteiger charge is 2.31. The van der Waals surface area contributed by atoms with E-state index in [4.69, 9.17) is 5.73 Å². The number of nitrogens with two attached hydrogens (primary N) is 1. The second kappa shape index (κ2) is 4.78. The third-order valence-corrected chi connectivity index (χ3v) is 5.47. The van der Waals surface area contributed by atoms with E-state index < -0.39 is 15.2 Å². The lowest BCUT2D eigenvalue weighted by atomic mass is 10.2. The molecule has 0 radical (unpaired) electrons. The van der Waals surface area contributed by atoms with E-state index in [1.807, 2.05) is 23.1 Å². The molecule has 1 aliphatic heterocycles. The molecule has 0 bridgehead atoms. The van der Waals surface area contributed by atoms with Gasteiger partial charge in [-0.3, -0.25) is 0 Å². The molecule has 17 heavy (non-hydrogen) atoms. The number of nitrogen functional groups attached to an aromatic ring is 1. The standard InChI is InChI=1S/C11H16N2O2S2/c1-17(14,15)11-8-16-7-6-13(11)10-5-3-2-4-9(10)12/h2-5,11H,6-8,12H2,1H3. The Morgan fingerprint density at radius 1 is 1.41 bits per heavy atom. The summed E-state index contributed by atoms with van der Waals surface area (Å²) < 4.78 is 23.6. The molecule has 0 aliphatic carbocycles. The van der Waals surface area contributed by atoms with Crippen LogP contribution in [0.2, 0.25) is 0 Å². The van der Waals surface area contributed by atoms with Crippen LogP contribution in [0.1, 0.15) is 0 Å². The topological polar surface area (TPSA) is 63.4 Å². The van der Waals surface area contributed by atoms with Crippen molar-refractivity contribution in [2.45, 2.75) is 5.37 Å². The highest BCUT2D eigenvalue weighted by atomic mass is 32.2. The summed E-state index contributed by atoms with van der Waals surface area (Å²) in [6.07, 6.45) is 1.29. The van der Waals surface area contributed by atoms with E-state index in [0.717, 1.165) is 18.0 Å². The van der Waals surface area contributed by atoms with Crippen molar-refractivity contribution in [2.24, 2.45) is 0 Å². The average Bonchev–Trinajstić information content (AvgIpc) is 2.28. The van der Waals surface area contributed by atoms with Crippen LogP contribution in [0.4, 0.5) is 11.4 Å². The number of sulfone groups is 1. The van der Waals surface area contributed by atoms with Crippen LogP contribution in [-0.4, -0.2) is 38.1 Å². The van der Waals surface area contributed by atoms with Crippen molar-refractivity contribution in [1.82, 2.24) is 0 Å². The summed E-state index contributed by atoms with van der Waals surface area (Å²) >= 11 is 1.67. The predicted octanol–water partition coefficient (Wildman–Crippen LogP) is 1.19. The molecule has 2 rings (SSSR count). The molecule has 1 unspecified atom stereocenters. The molecule has 4 nitrogen and oxygen atoms in total. The van der Waals surface area contributed by atoms with Crippen molar-refractivity contribution in [2.75, 3.05) is 34.9 Å². The Labute approximate surface area is 106 Å².